The van der Waals surface area contributed by atoms with Crippen molar-refractivity contribution >= 4 is 28.8 Å². The van der Waals surface area contributed by atoms with Gasteiger partial charge in [-0.15, -0.1) is 0 Å². The molecule has 22 heavy (non-hydrogen) atoms. The van der Waals surface area contributed by atoms with E-state index in [4.69, 9.17) is 9.15 Å². The Kier molecular flexibility index (Phi) is 3.82. The minimum absolute atomic E-state index is 0.297. The molecule has 0 aliphatic carbocycles. The summed E-state index contributed by atoms with van der Waals surface area (Å²) in [4.78, 5) is 20.1. The lowest BCUT2D eigenvalue weighted by molar-refractivity contribution is -0.111. The topological polar surface area (TPSA) is 77.2 Å². The highest BCUT2D eigenvalue weighted by Gasteiger charge is 2.03. The number of nitrogens with zero attached hydrogens (tertiary/aromatic N) is 2. The first kappa shape index (κ1) is 13.8. The van der Waals surface area contributed by atoms with Gasteiger partial charge in [-0.3, -0.25) is 4.79 Å². The average Bonchev–Trinajstić information content (AvgIpc) is 2.96. The smallest absolute Gasteiger partial charge is 0.248 e. The van der Waals surface area contributed by atoms with Crippen molar-refractivity contribution in [2.24, 2.45) is 0 Å². The molecule has 3 aromatic rings. The van der Waals surface area contributed by atoms with Crippen LogP contribution in [0.4, 0.5) is 5.69 Å². The first-order valence-electron chi connectivity index (χ1n) is 6.59. The molecular formula is C16H13N3O3. The normalized spacial score (nSPS) is 11.0. The third-order valence-electron chi connectivity index (χ3n) is 2.90. The summed E-state index contributed by atoms with van der Waals surface area (Å²) in [6.45, 7) is 0. The Balaban J connectivity index is 1.67. The Morgan fingerprint density at radius 3 is 2.86 bits per heavy atom. The van der Waals surface area contributed by atoms with E-state index in [0.717, 1.165) is 5.52 Å². The highest BCUT2D eigenvalue weighted by molar-refractivity contribution is 6.01. The molecular weight excluding hydrogens is 282 g/mol. The molecule has 0 aliphatic heterocycles. The van der Waals surface area contributed by atoms with E-state index in [1.165, 1.54) is 25.5 Å². The molecule has 1 amide bonds. The predicted molar refractivity (Wildman–Crippen MR) is 82.5 cm³/mol. The van der Waals surface area contributed by atoms with Crippen LogP contribution in [0.5, 0.6) is 5.88 Å². The van der Waals surface area contributed by atoms with E-state index in [1.807, 2.05) is 24.3 Å². The monoisotopic (exact) mass is 295 g/mol. The number of hydrogen-bond acceptors (Lipinski definition) is 5. The number of methoxy groups -OCH3 is 1. The zero-order valence-corrected chi connectivity index (χ0v) is 11.8. The number of amides is 1. The van der Waals surface area contributed by atoms with E-state index in [9.17, 15) is 4.79 Å². The van der Waals surface area contributed by atoms with Crippen molar-refractivity contribution in [3.05, 3.63) is 54.6 Å². The second kappa shape index (κ2) is 6.09. The van der Waals surface area contributed by atoms with Gasteiger partial charge < -0.3 is 14.5 Å². The number of para-hydroxylation sites is 2. The summed E-state index contributed by atoms with van der Waals surface area (Å²) in [5.74, 6) is 0.568. The number of hydrogen-bond donors (Lipinski definition) is 1. The molecule has 0 saturated carbocycles. The molecule has 1 N–H and O–H groups in total. The zero-order chi connectivity index (χ0) is 15.4. The van der Waals surface area contributed by atoms with Crippen molar-refractivity contribution in [2.45, 2.75) is 0 Å². The molecule has 0 aliphatic rings. The molecule has 0 spiro atoms. The van der Waals surface area contributed by atoms with Gasteiger partial charge in [0.1, 0.15) is 5.52 Å². The molecule has 6 heteroatoms. The van der Waals surface area contributed by atoms with Gasteiger partial charge in [0, 0.05) is 18.2 Å². The van der Waals surface area contributed by atoms with Gasteiger partial charge in [-0.25, -0.2) is 9.97 Å². The van der Waals surface area contributed by atoms with Crippen LogP contribution < -0.4 is 10.1 Å². The van der Waals surface area contributed by atoms with E-state index in [-0.39, 0.29) is 5.91 Å². The number of benzene rings is 1. The molecule has 0 fully saturated rings. The van der Waals surface area contributed by atoms with E-state index in [0.29, 0.717) is 23.0 Å². The fraction of sp³-hybridized carbons (Fsp3) is 0.0625. The van der Waals surface area contributed by atoms with Gasteiger partial charge in [0.2, 0.25) is 17.7 Å². The highest BCUT2D eigenvalue weighted by Crippen LogP contribution is 2.15. The summed E-state index contributed by atoms with van der Waals surface area (Å²) >= 11 is 0. The third-order valence-corrected chi connectivity index (χ3v) is 2.90. The summed E-state index contributed by atoms with van der Waals surface area (Å²) in [7, 11) is 1.53. The number of anilines is 1. The molecule has 110 valence electrons. The van der Waals surface area contributed by atoms with Crippen LogP contribution in [0.15, 0.2) is 53.1 Å². The lowest BCUT2D eigenvalue weighted by atomic mass is 10.3. The number of fused-ring (bicyclic) bond motifs is 1. The molecule has 3 rings (SSSR count). The Morgan fingerprint density at radius 1 is 1.27 bits per heavy atom. The van der Waals surface area contributed by atoms with Crippen LogP contribution in [-0.2, 0) is 4.79 Å². The minimum Gasteiger partial charge on any atom is -0.481 e. The molecule has 2 heterocycles. The number of oxazole rings is 1. The number of carbonyl (C=O) groups is 1. The Bertz CT molecular complexity index is 789. The average molecular weight is 295 g/mol. The lowest BCUT2D eigenvalue weighted by Gasteiger charge is -2.02. The van der Waals surface area contributed by atoms with Gasteiger partial charge >= 0.3 is 0 Å². The van der Waals surface area contributed by atoms with E-state index in [1.54, 1.807) is 12.1 Å². The van der Waals surface area contributed by atoms with Gasteiger partial charge in [0.15, 0.2) is 5.58 Å². The maximum Gasteiger partial charge on any atom is 0.248 e. The standard InChI is InChI=1S/C16H13N3O3/c1-21-15-8-6-11(10-17-15)18-14(20)7-9-16-19-12-4-2-3-5-13(12)22-16/h2-10H,1H3,(H,18,20)/b9-7+. The summed E-state index contributed by atoms with van der Waals surface area (Å²) in [5.41, 5.74) is 2.01. The van der Waals surface area contributed by atoms with Crippen molar-refractivity contribution in [1.29, 1.82) is 0 Å². The number of pyridine rings is 1. The Labute approximate surface area is 126 Å². The van der Waals surface area contributed by atoms with Crippen molar-refractivity contribution in [2.75, 3.05) is 12.4 Å². The molecule has 0 bridgehead atoms. The predicted octanol–water partition coefficient (Wildman–Crippen LogP) is 2.88. The van der Waals surface area contributed by atoms with Crippen LogP contribution in [-0.4, -0.2) is 23.0 Å². The van der Waals surface area contributed by atoms with E-state index in [2.05, 4.69) is 15.3 Å². The number of nitrogens with one attached hydrogen (secondary N) is 1. The summed E-state index contributed by atoms with van der Waals surface area (Å²) in [5, 5.41) is 2.68. The molecule has 0 saturated heterocycles. The van der Waals surface area contributed by atoms with Crippen molar-refractivity contribution in [3.63, 3.8) is 0 Å². The van der Waals surface area contributed by atoms with Crippen molar-refractivity contribution in [3.8, 4) is 5.88 Å². The molecule has 0 atom stereocenters. The Hall–Kier alpha value is -3.15. The number of rotatable bonds is 4. The first-order chi connectivity index (χ1) is 10.7. The summed E-state index contributed by atoms with van der Waals surface area (Å²) in [6.07, 6.45) is 4.39. The van der Waals surface area contributed by atoms with Crippen LogP contribution in [0.1, 0.15) is 5.89 Å². The highest BCUT2D eigenvalue weighted by atomic mass is 16.5. The van der Waals surface area contributed by atoms with Crippen LogP contribution in [0.2, 0.25) is 0 Å². The lowest BCUT2D eigenvalue weighted by Crippen LogP contribution is -2.07. The van der Waals surface area contributed by atoms with Crippen LogP contribution in [0, 0.1) is 0 Å². The second-order valence-electron chi connectivity index (χ2n) is 4.43. The van der Waals surface area contributed by atoms with Gasteiger partial charge in [0.05, 0.1) is 19.0 Å². The maximum atomic E-state index is 11.8. The maximum absolute atomic E-state index is 11.8. The van der Waals surface area contributed by atoms with Gasteiger partial charge in [-0.05, 0) is 18.2 Å². The van der Waals surface area contributed by atoms with Crippen LogP contribution >= 0.6 is 0 Å². The largest absolute Gasteiger partial charge is 0.481 e. The Morgan fingerprint density at radius 2 is 2.14 bits per heavy atom. The molecule has 1 aromatic carbocycles. The molecule has 0 unspecified atom stereocenters. The first-order valence-corrected chi connectivity index (χ1v) is 6.59. The van der Waals surface area contributed by atoms with Crippen molar-refractivity contribution < 1.29 is 13.9 Å². The summed E-state index contributed by atoms with van der Waals surface area (Å²) in [6, 6.07) is 10.8. The fourth-order valence-corrected chi connectivity index (χ4v) is 1.87. The van der Waals surface area contributed by atoms with E-state index < -0.39 is 0 Å². The molecule has 2 aromatic heterocycles. The van der Waals surface area contributed by atoms with Gasteiger partial charge in [0.25, 0.3) is 0 Å². The van der Waals surface area contributed by atoms with Crippen LogP contribution in [0.25, 0.3) is 17.2 Å². The molecule has 6 nitrogen and oxygen atoms in total. The third kappa shape index (κ3) is 3.12. The minimum atomic E-state index is -0.297. The number of ether oxygens (including phenoxy) is 1. The van der Waals surface area contributed by atoms with Gasteiger partial charge in [-0.2, -0.15) is 0 Å². The van der Waals surface area contributed by atoms with Crippen LogP contribution in [0.3, 0.4) is 0 Å². The van der Waals surface area contributed by atoms with Gasteiger partial charge in [-0.1, -0.05) is 12.1 Å². The van der Waals surface area contributed by atoms with Crippen molar-refractivity contribution in [1.82, 2.24) is 9.97 Å². The summed E-state index contributed by atoms with van der Waals surface area (Å²) < 4.78 is 10.4. The zero-order valence-electron chi connectivity index (χ0n) is 11.8. The SMILES string of the molecule is COc1ccc(NC(=O)/C=C/c2nc3ccccc3o2)cn1. The quantitative estimate of drug-likeness (QED) is 0.749. The second-order valence-corrected chi connectivity index (χ2v) is 4.43. The number of aromatic nitrogens is 2. The number of carbonyl (C=O) groups excluding carboxylic acids is 1. The molecule has 0 radical (unpaired) electrons. The van der Waals surface area contributed by atoms with E-state index >= 15 is 0 Å². The fourth-order valence-electron chi connectivity index (χ4n) is 1.87.